The SMILES string of the molecule is CCO[Si](CCCCCCCCCCCOCCCCCCCCCCCl)(CCCCCC[Si](OCC)(OCC)OCC)OCC. The van der Waals surface area contributed by atoms with Crippen LogP contribution in [0.4, 0.5) is 0 Å². The summed E-state index contributed by atoms with van der Waals surface area (Å²) < 4.78 is 36.8. The summed E-state index contributed by atoms with van der Waals surface area (Å²) in [5, 5.41) is 0. The van der Waals surface area contributed by atoms with Gasteiger partial charge in [-0.3, -0.25) is 0 Å². The lowest BCUT2D eigenvalue weighted by Gasteiger charge is -2.30. The Hall–Kier alpha value is 0.484. The van der Waals surface area contributed by atoms with Gasteiger partial charge in [0.15, 0.2) is 0 Å². The van der Waals surface area contributed by atoms with E-state index in [1.54, 1.807) is 0 Å². The lowest BCUT2D eigenvalue weighted by Crippen LogP contribution is -2.45. The number of hydrogen-bond acceptors (Lipinski definition) is 6. The van der Waals surface area contributed by atoms with Crippen LogP contribution in [-0.2, 0) is 26.9 Å². The third-order valence-corrected chi connectivity index (χ3v) is 16.0. The zero-order chi connectivity index (χ0) is 33.9. The lowest BCUT2D eigenvalue weighted by atomic mass is 10.1. The molecule has 0 saturated heterocycles. The summed E-state index contributed by atoms with van der Waals surface area (Å²) in [5.41, 5.74) is 0. The fraction of sp³-hybridized carbons (Fsp3) is 1.00. The van der Waals surface area contributed by atoms with Crippen LogP contribution in [0.2, 0.25) is 18.1 Å². The smallest absolute Gasteiger partial charge is 0.394 e. The van der Waals surface area contributed by atoms with Crippen LogP contribution in [0.5, 0.6) is 0 Å². The molecule has 0 aromatic heterocycles. The van der Waals surface area contributed by atoms with Gasteiger partial charge in [0.1, 0.15) is 0 Å². The van der Waals surface area contributed by atoms with Gasteiger partial charge >= 0.3 is 17.4 Å². The summed E-state index contributed by atoms with van der Waals surface area (Å²) >= 11 is 5.73. The van der Waals surface area contributed by atoms with Gasteiger partial charge in [0, 0.05) is 58.2 Å². The average Bonchev–Trinajstić information content (AvgIpc) is 3.04. The molecule has 0 fully saturated rings. The van der Waals surface area contributed by atoms with Gasteiger partial charge < -0.3 is 26.9 Å². The molecule has 0 unspecified atom stereocenters. The molecule has 0 heterocycles. The first-order chi connectivity index (χ1) is 22.6. The van der Waals surface area contributed by atoms with Crippen LogP contribution in [0.15, 0.2) is 0 Å². The highest BCUT2D eigenvalue weighted by atomic mass is 35.5. The van der Waals surface area contributed by atoms with Crippen molar-refractivity contribution in [1.29, 1.82) is 0 Å². The predicted molar refractivity (Wildman–Crippen MR) is 203 cm³/mol. The molecular formula is C37H79ClO6Si2. The number of rotatable bonds is 39. The van der Waals surface area contributed by atoms with Crippen molar-refractivity contribution in [2.24, 2.45) is 0 Å². The van der Waals surface area contributed by atoms with Crippen LogP contribution in [0.3, 0.4) is 0 Å². The maximum Gasteiger partial charge on any atom is 0.500 e. The van der Waals surface area contributed by atoms with Crippen molar-refractivity contribution in [3.63, 3.8) is 0 Å². The van der Waals surface area contributed by atoms with E-state index in [1.807, 2.05) is 20.8 Å². The molecule has 278 valence electrons. The molecule has 0 N–H and O–H groups in total. The molecule has 0 aliphatic heterocycles. The van der Waals surface area contributed by atoms with E-state index in [4.69, 9.17) is 38.5 Å². The summed E-state index contributed by atoms with van der Waals surface area (Å²) in [7, 11) is -4.65. The zero-order valence-electron chi connectivity index (χ0n) is 31.5. The number of alkyl halides is 1. The van der Waals surface area contributed by atoms with Gasteiger partial charge in [-0.15, -0.1) is 11.6 Å². The van der Waals surface area contributed by atoms with E-state index < -0.39 is 17.4 Å². The minimum atomic E-state index is -2.52. The first-order valence-corrected chi connectivity index (χ1v) is 24.6. The van der Waals surface area contributed by atoms with Crippen molar-refractivity contribution in [3.05, 3.63) is 0 Å². The van der Waals surface area contributed by atoms with E-state index in [0.29, 0.717) is 19.8 Å². The van der Waals surface area contributed by atoms with Crippen LogP contribution < -0.4 is 0 Å². The summed E-state index contributed by atoms with van der Waals surface area (Å²) in [4.78, 5) is 0. The van der Waals surface area contributed by atoms with Gasteiger partial charge in [0.25, 0.3) is 0 Å². The molecule has 0 spiro atoms. The van der Waals surface area contributed by atoms with Crippen molar-refractivity contribution >= 4 is 29.0 Å². The minimum Gasteiger partial charge on any atom is -0.394 e. The molecule has 0 amide bonds. The highest BCUT2D eigenvalue weighted by Gasteiger charge is 2.40. The molecule has 0 aliphatic rings. The topological polar surface area (TPSA) is 55.4 Å². The number of hydrogen-bond donors (Lipinski definition) is 0. The second-order valence-electron chi connectivity index (χ2n) is 12.7. The molecule has 0 aromatic rings. The van der Waals surface area contributed by atoms with Crippen molar-refractivity contribution in [2.75, 3.05) is 52.1 Å². The quantitative estimate of drug-likeness (QED) is 0.0359. The molecule has 46 heavy (non-hydrogen) atoms. The van der Waals surface area contributed by atoms with E-state index in [1.165, 1.54) is 128 Å². The third kappa shape index (κ3) is 27.3. The molecule has 0 aliphatic carbocycles. The number of unbranched alkanes of at least 4 members (excludes halogenated alkanes) is 18. The Morgan fingerprint density at radius 3 is 1.00 bits per heavy atom. The van der Waals surface area contributed by atoms with E-state index in [2.05, 4.69) is 13.8 Å². The Balaban J connectivity index is 3.93. The van der Waals surface area contributed by atoms with Crippen molar-refractivity contribution in [1.82, 2.24) is 0 Å². The third-order valence-electron chi connectivity index (χ3n) is 8.72. The van der Waals surface area contributed by atoms with E-state index >= 15 is 0 Å². The largest absolute Gasteiger partial charge is 0.500 e. The van der Waals surface area contributed by atoms with Crippen LogP contribution >= 0.6 is 11.6 Å². The van der Waals surface area contributed by atoms with E-state index in [-0.39, 0.29) is 0 Å². The van der Waals surface area contributed by atoms with Gasteiger partial charge in [-0.25, -0.2) is 0 Å². The maximum absolute atomic E-state index is 6.42. The Kier molecular flexibility index (Phi) is 35.7. The van der Waals surface area contributed by atoms with E-state index in [0.717, 1.165) is 56.9 Å². The first-order valence-electron chi connectivity index (χ1n) is 19.9. The first kappa shape index (κ1) is 46.5. The normalized spacial score (nSPS) is 12.4. The average molecular weight is 712 g/mol. The van der Waals surface area contributed by atoms with Crippen LogP contribution in [-0.4, -0.2) is 69.5 Å². The van der Waals surface area contributed by atoms with E-state index in [9.17, 15) is 0 Å². The highest BCUT2D eigenvalue weighted by molar-refractivity contribution is 6.67. The second-order valence-corrected chi connectivity index (χ2v) is 19.2. The summed E-state index contributed by atoms with van der Waals surface area (Å²) in [5.74, 6) is 0.817. The molecule has 0 bridgehead atoms. The predicted octanol–water partition coefficient (Wildman–Crippen LogP) is 12.0. The molecule has 6 nitrogen and oxygen atoms in total. The number of ether oxygens (including phenoxy) is 1. The van der Waals surface area contributed by atoms with Crippen molar-refractivity contribution in [3.8, 4) is 0 Å². The Morgan fingerprint density at radius 1 is 0.348 bits per heavy atom. The highest BCUT2D eigenvalue weighted by Crippen LogP contribution is 2.27. The zero-order valence-corrected chi connectivity index (χ0v) is 34.2. The van der Waals surface area contributed by atoms with Gasteiger partial charge in [-0.2, -0.15) is 0 Å². The maximum atomic E-state index is 6.42. The second kappa shape index (κ2) is 35.3. The van der Waals surface area contributed by atoms with Crippen molar-refractivity contribution < 1.29 is 26.9 Å². The molecule has 0 rings (SSSR count). The molecule has 0 aromatic carbocycles. The fourth-order valence-corrected chi connectivity index (χ4v) is 12.8. The summed E-state index contributed by atoms with van der Waals surface area (Å²) in [6.07, 6.45) is 27.0. The van der Waals surface area contributed by atoms with Crippen LogP contribution in [0.1, 0.15) is 169 Å². The molecule has 9 heteroatoms. The van der Waals surface area contributed by atoms with Gasteiger partial charge in [0.05, 0.1) is 0 Å². The summed E-state index contributed by atoms with van der Waals surface area (Å²) in [6, 6.07) is 3.16. The Morgan fingerprint density at radius 2 is 0.652 bits per heavy atom. The Bertz CT molecular complexity index is 581. The van der Waals surface area contributed by atoms with Crippen LogP contribution in [0.25, 0.3) is 0 Å². The van der Waals surface area contributed by atoms with Gasteiger partial charge in [-0.05, 0) is 72.4 Å². The monoisotopic (exact) mass is 711 g/mol. The van der Waals surface area contributed by atoms with Crippen LogP contribution in [0, 0.1) is 0 Å². The number of halogens is 1. The molecular weight excluding hydrogens is 632 g/mol. The molecule has 0 saturated carbocycles. The minimum absolute atomic E-state index is 0.649. The molecule has 0 atom stereocenters. The molecule has 0 radical (unpaired) electrons. The van der Waals surface area contributed by atoms with Crippen molar-refractivity contribution in [2.45, 2.75) is 188 Å². The standard InChI is InChI=1S/C37H79ClO6Si2/c1-6-40-45(41-7-2,36-30-24-25-31-37-46(42-8-3,43-9-4)44-10-5)35-29-23-19-15-11-13-17-21-27-33-39-34-28-22-18-14-12-16-20-26-32-38/h6-37H2,1-5H3. The fourth-order valence-electron chi connectivity index (χ4n) is 6.37. The van der Waals surface area contributed by atoms with Gasteiger partial charge in [0.2, 0.25) is 0 Å². The van der Waals surface area contributed by atoms with Gasteiger partial charge in [-0.1, -0.05) is 109 Å². The lowest BCUT2D eigenvalue weighted by molar-refractivity contribution is 0.0706. The summed E-state index contributed by atoms with van der Waals surface area (Å²) in [6.45, 7) is 15.7. The Labute approximate surface area is 294 Å².